The maximum Gasteiger partial charge on any atom is 0.318 e. The molecule has 9 nitrogen and oxygen atoms in total. The van der Waals surface area contributed by atoms with Gasteiger partial charge in [0, 0.05) is 25.6 Å². The van der Waals surface area contributed by atoms with Crippen LogP contribution in [0.3, 0.4) is 0 Å². The van der Waals surface area contributed by atoms with Gasteiger partial charge in [-0.15, -0.1) is 0 Å². The van der Waals surface area contributed by atoms with Crippen LogP contribution in [0.5, 0.6) is 0 Å². The van der Waals surface area contributed by atoms with Crippen molar-refractivity contribution in [3.63, 3.8) is 0 Å². The molecule has 2 amide bonds. The molecular weight excluding hydrogens is 494 g/mol. The van der Waals surface area contributed by atoms with Crippen molar-refractivity contribution in [2.75, 3.05) is 26.3 Å². The zero-order valence-electron chi connectivity index (χ0n) is 21.0. The maximum absolute atomic E-state index is 13.6. The predicted molar refractivity (Wildman–Crippen MR) is 139 cm³/mol. The van der Waals surface area contributed by atoms with E-state index in [1.54, 1.807) is 44.2 Å². The Morgan fingerprint density at radius 2 is 1.57 bits per heavy atom. The molecular formula is C27H33N3O6S. The highest BCUT2D eigenvalue weighted by Crippen LogP contribution is 2.23. The molecule has 0 saturated carbocycles. The number of morpholine rings is 1. The highest BCUT2D eigenvalue weighted by atomic mass is 32.2. The number of nitrogens with one attached hydrogen (secondary N) is 1. The Morgan fingerprint density at radius 1 is 1.00 bits per heavy atom. The highest BCUT2D eigenvalue weighted by molar-refractivity contribution is 7.96. The van der Waals surface area contributed by atoms with Gasteiger partial charge in [0.05, 0.1) is 30.2 Å². The Hall–Kier alpha value is -3.34. The first kappa shape index (κ1) is 28.2. The lowest BCUT2D eigenvalue weighted by molar-refractivity contribution is -0.118. The Kier molecular flexibility index (Phi) is 9.73. The lowest BCUT2D eigenvalue weighted by atomic mass is 9.98. The van der Waals surface area contributed by atoms with E-state index in [0.717, 1.165) is 11.6 Å². The molecule has 0 radical (unpaired) electrons. The molecule has 0 aliphatic carbocycles. The molecule has 1 aliphatic rings. The van der Waals surface area contributed by atoms with Crippen molar-refractivity contribution in [2.45, 2.75) is 37.2 Å². The van der Waals surface area contributed by atoms with Gasteiger partial charge in [-0.25, -0.2) is 13.2 Å². The highest BCUT2D eigenvalue weighted by Gasteiger charge is 2.34. The molecule has 2 aromatic carbocycles. The van der Waals surface area contributed by atoms with Gasteiger partial charge in [-0.2, -0.15) is 0 Å². The number of hydrogen-bond donors (Lipinski definition) is 2. The average Bonchev–Trinajstić information content (AvgIpc) is 2.91. The number of ether oxygens (including phenoxy) is 1. The lowest BCUT2D eigenvalue weighted by Crippen LogP contribution is -2.51. The largest absolute Gasteiger partial charge is 0.378 e. The van der Waals surface area contributed by atoms with Gasteiger partial charge in [-0.1, -0.05) is 62.4 Å². The van der Waals surface area contributed by atoms with E-state index in [-0.39, 0.29) is 17.2 Å². The third kappa shape index (κ3) is 7.34. The zero-order valence-corrected chi connectivity index (χ0v) is 21.8. The summed E-state index contributed by atoms with van der Waals surface area (Å²) in [5.74, 6) is -1.94. The van der Waals surface area contributed by atoms with Crippen LogP contribution in [0.25, 0.3) is 0 Å². The van der Waals surface area contributed by atoms with Crippen LogP contribution in [0, 0.1) is 5.92 Å². The number of urea groups is 1. The molecule has 1 heterocycles. The molecule has 3 N–H and O–H groups in total. The standard InChI is InChI=1S/C27H33N3O6S/c1-19(2)25(28)26(32)24(37(34,35)21-11-7-4-8-12-21)18-23(31)22(17-20-9-5-3-6-10-20)29-27(33)30-13-15-36-16-14-30/h3-12,18-19,22,25H,13-17,28H2,1-2H3,(H,29,33). The summed E-state index contributed by atoms with van der Waals surface area (Å²) >= 11 is 0. The third-order valence-corrected chi connectivity index (χ3v) is 7.89. The number of rotatable bonds is 10. The van der Waals surface area contributed by atoms with Crippen LogP contribution >= 0.6 is 0 Å². The van der Waals surface area contributed by atoms with Crippen LogP contribution in [0.1, 0.15) is 19.4 Å². The summed E-state index contributed by atoms with van der Waals surface area (Å²) < 4.78 is 32.2. The van der Waals surface area contributed by atoms with Crippen LogP contribution in [0.15, 0.2) is 76.5 Å². The number of hydrogen-bond acceptors (Lipinski definition) is 7. The summed E-state index contributed by atoms with van der Waals surface area (Å²) in [4.78, 5) is 40.4. The van der Waals surface area contributed by atoms with Crippen molar-refractivity contribution >= 4 is 27.4 Å². The molecule has 1 aliphatic heterocycles. The Morgan fingerprint density at radius 3 is 2.14 bits per heavy atom. The number of sulfone groups is 1. The van der Waals surface area contributed by atoms with E-state index in [4.69, 9.17) is 10.5 Å². The summed E-state index contributed by atoms with van der Waals surface area (Å²) in [5, 5.41) is 2.72. The number of nitrogens with zero attached hydrogens (tertiary/aromatic N) is 1. The second-order valence-corrected chi connectivity index (χ2v) is 11.1. The summed E-state index contributed by atoms with van der Waals surface area (Å²) in [5.41, 5.74) is 6.79. The normalized spacial score (nSPS) is 16.2. The fourth-order valence-corrected chi connectivity index (χ4v) is 5.23. The van der Waals surface area contributed by atoms with E-state index in [9.17, 15) is 22.8 Å². The molecule has 2 unspecified atom stereocenters. The molecule has 10 heteroatoms. The van der Waals surface area contributed by atoms with Crippen LogP contribution < -0.4 is 11.1 Å². The Bertz CT molecular complexity index is 1220. The molecule has 37 heavy (non-hydrogen) atoms. The van der Waals surface area contributed by atoms with E-state index in [1.165, 1.54) is 29.2 Å². The first-order valence-electron chi connectivity index (χ1n) is 12.1. The van der Waals surface area contributed by atoms with Crippen LogP contribution in [-0.2, 0) is 30.6 Å². The van der Waals surface area contributed by atoms with E-state index < -0.39 is 44.4 Å². The minimum atomic E-state index is -4.36. The van der Waals surface area contributed by atoms with E-state index in [0.29, 0.717) is 26.3 Å². The fourth-order valence-electron chi connectivity index (χ4n) is 3.78. The topological polar surface area (TPSA) is 136 Å². The Balaban J connectivity index is 2.01. The molecule has 0 bridgehead atoms. The number of amides is 2. The second-order valence-electron chi connectivity index (χ2n) is 9.15. The smallest absolute Gasteiger partial charge is 0.318 e. The predicted octanol–water partition coefficient (Wildman–Crippen LogP) is 2.12. The summed E-state index contributed by atoms with van der Waals surface area (Å²) in [7, 11) is -4.36. The molecule has 3 rings (SSSR count). The van der Waals surface area contributed by atoms with Crippen LogP contribution in [0.2, 0.25) is 0 Å². The van der Waals surface area contributed by atoms with Gasteiger partial charge in [0.15, 0.2) is 11.6 Å². The number of carbonyl (C=O) groups excluding carboxylic acids is 3. The summed E-state index contributed by atoms with van der Waals surface area (Å²) in [6.45, 7) is 4.87. The van der Waals surface area contributed by atoms with Crippen molar-refractivity contribution in [2.24, 2.45) is 11.7 Å². The molecule has 2 aromatic rings. The number of carbonyl (C=O) groups is 3. The first-order chi connectivity index (χ1) is 17.6. The van der Waals surface area contributed by atoms with Gasteiger partial charge < -0.3 is 20.7 Å². The van der Waals surface area contributed by atoms with Crippen LogP contribution in [-0.4, -0.2) is 69.3 Å². The van der Waals surface area contributed by atoms with Gasteiger partial charge in [0.2, 0.25) is 9.84 Å². The number of nitrogens with two attached hydrogens (primary N) is 1. The fraction of sp³-hybridized carbons (Fsp3) is 0.370. The third-order valence-electron chi connectivity index (χ3n) is 6.10. The molecule has 2 atom stereocenters. The molecule has 1 saturated heterocycles. The zero-order chi connectivity index (χ0) is 27.0. The molecule has 0 spiro atoms. The number of Topliss-reactive ketones (excluding diaryl/α,β-unsaturated/α-hetero) is 1. The minimum absolute atomic E-state index is 0.106. The lowest BCUT2D eigenvalue weighted by Gasteiger charge is -2.29. The van der Waals surface area contributed by atoms with E-state index >= 15 is 0 Å². The first-order valence-corrected chi connectivity index (χ1v) is 13.6. The van der Waals surface area contributed by atoms with Gasteiger partial charge in [-0.3, -0.25) is 9.59 Å². The van der Waals surface area contributed by atoms with Gasteiger partial charge in [-0.05, 0) is 23.6 Å². The van der Waals surface area contributed by atoms with Crippen molar-refractivity contribution in [3.05, 3.63) is 77.2 Å². The van der Waals surface area contributed by atoms with Gasteiger partial charge in [0.1, 0.15) is 4.91 Å². The molecule has 0 aromatic heterocycles. The van der Waals surface area contributed by atoms with Gasteiger partial charge in [0.25, 0.3) is 0 Å². The monoisotopic (exact) mass is 527 g/mol. The Labute approximate surface area is 217 Å². The van der Waals surface area contributed by atoms with Crippen molar-refractivity contribution in [1.29, 1.82) is 0 Å². The van der Waals surface area contributed by atoms with Crippen molar-refractivity contribution in [1.82, 2.24) is 10.2 Å². The summed E-state index contributed by atoms with van der Waals surface area (Å²) in [6.07, 6.45) is 0.926. The quantitative estimate of drug-likeness (QED) is 0.452. The second kappa shape index (κ2) is 12.8. The van der Waals surface area contributed by atoms with Crippen LogP contribution in [0.4, 0.5) is 4.79 Å². The maximum atomic E-state index is 13.6. The number of ketones is 2. The SMILES string of the molecule is CC(C)C(N)C(=O)C(=CC(=O)C(Cc1ccccc1)NC(=O)N1CCOCC1)S(=O)(=O)c1ccccc1. The van der Waals surface area contributed by atoms with E-state index in [2.05, 4.69) is 5.32 Å². The van der Waals surface area contributed by atoms with Crippen molar-refractivity contribution in [3.8, 4) is 0 Å². The summed E-state index contributed by atoms with van der Waals surface area (Å²) in [6, 6.07) is 13.7. The van der Waals surface area contributed by atoms with Gasteiger partial charge >= 0.3 is 6.03 Å². The molecule has 1 fully saturated rings. The molecule has 198 valence electrons. The van der Waals surface area contributed by atoms with E-state index in [1.807, 2.05) is 6.07 Å². The minimum Gasteiger partial charge on any atom is -0.378 e. The number of benzene rings is 2. The average molecular weight is 528 g/mol. The van der Waals surface area contributed by atoms with Crippen molar-refractivity contribution < 1.29 is 27.5 Å².